The highest BCUT2D eigenvalue weighted by atomic mass is 28.3. The summed E-state index contributed by atoms with van der Waals surface area (Å²) < 4.78 is 6.09. The quantitative estimate of drug-likeness (QED) is 0.446. The number of morpholine rings is 1. The van der Waals surface area contributed by atoms with E-state index in [1.54, 1.807) is 6.92 Å². The first-order chi connectivity index (χ1) is 13.9. The SMILES string of the molecule is CC12NC(c3ccccc3)(C([Si](C)(C)C)=C1C(=O)c1ccccc1)C(C)(C)OC2=O. The summed E-state index contributed by atoms with van der Waals surface area (Å²) in [6.07, 6.45) is 0. The molecule has 2 bridgehead atoms. The molecule has 1 saturated heterocycles. The van der Waals surface area contributed by atoms with Crippen molar-refractivity contribution in [3.63, 3.8) is 0 Å². The van der Waals surface area contributed by atoms with E-state index in [4.69, 9.17) is 4.74 Å². The summed E-state index contributed by atoms with van der Waals surface area (Å²) in [4.78, 5) is 27.2. The highest BCUT2D eigenvalue weighted by Gasteiger charge is 2.70. The lowest BCUT2D eigenvalue weighted by molar-refractivity contribution is -0.181. The molecule has 2 heterocycles. The minimum Gasteiger partial charge on any atom is -0.455 e. The molecule has 2 aromatic carbocycles. The number of hydrogen-bond donors (Lipinski definition) is 1. The molecule has 4 rings (SSSR count). The van der Waals surface area contributed by atoms with E-state index in [-0.39, 0.29) is 5.78 Å². The standard InChI is InChI=1S/C25H29NO3Si/c1-23(2)25(18-15-11-8-12-16-18)21(30(4,5)6)19(24(3,26-25)22(28)29-23)20(27)17-13-9-7-10-14-17/h7-16,26H,1-6H3. The number of carbonyl (C=O) groups is 2. The summed E-state index contributed by atoms with van der Waals surface area (Å²) in [7, 11) is -2.13. The summed E-state index contributed by atoms with van der Waals surface area (Å²) in [5.74, 6) is -0.498. The van der Waals surface area contributed by atoms with Gasteiger partial charge < -0.3 is 4.74 Å². The molecule has 2 aliphatic rings. The number of esters is 1. The second kappa shape index (κ2) is 6.50. The molecule has 30 heavy (non-hydrogen) atoms. The Bertz CT molecular complexity index is 1050. The molecule has 1 N–H and O–H groups in total. The third-order valence-corrected chi connectivity index (χ3v) is 8.57. The fourth-order valence-corrected chi connectivity index (χ4v) is 7.96. The zero-order valence-corrected chi connectivity index (χ0v) is 19.5. The first kappa shape index (κ1) is 20.8. The Labute approximate surface area is 179 Å². The lowest BCUT2D eigenvalue weighted by Gasteiger charge is -2.53. The molecule has 0 aliphatic carbocycles. The van der Waals surface area contributed by atoms with Gasteiger partial charge in [-0.05, 0) is 31.5 Å². The summed E-state index contributed by atoms with van der Waals surface area (Å²) in [5.41, 5.74) is -0.657. The number of nitrogens with one attached hydrogen (secondary N) is 1. The van der Waals surface area contributed by atoms with Crippen LogP contribution in [0, 0.1) is 0 Å². The largest absolute Gasteiger partial charge is 0.455 e. The predicted octanol–water partition coefficient (Wildman–Crippen LogP) is 4.64. The molecular weight excluding hydrogens is 390 g/mol. The second-order valence-corrected chi connectivity index (χ2v) is 15.0. The van der Waals surface area contributed by atoms with Crippen LogP contribution >= 0.6 is 0 Å². The number of carbonyl (C=O) groups excluding carboxylic acids is 2. The highest BCUT2D eigenvalue weighted by molar-refractivity contribution is 6.84. The van der Waals surface area contributed by atoms with Gasteiger partial charge in [-0.2, -0.15) is 0 Å². The molecule has 2 unspecified atom stereocenters. The number of hydrogen-bond acceptors (Lipinski definition) is 4. The van der Waals surface area contributed by atoms with Crippen LogP contribution < -0.4 is 5.32 Å². The Morgan fingerprint density at radius 2 is 1.43 bits per heavy atom. The van der Waals surface area contributed by atoms with Crippen LogP contribution in [0.15, 0.2) is 71.4 Å². The molecule has 5 heteroatoms. The van der Waals surface area contributed by atoms with E-state index < -0.39 is 30.7 Å². The summed E-state index contributed by atoms with van der Waals surface area (Å²) in [6, 6.07) is 19.3. The van der Waals surface area contributed by atoms with Crippen LogP contribution in [-0.4, -0.2) is 31.0 Å². The number of Topliss-reactive ketones (excluding diaryl/α,β-unsaturated/α-hetero) is 1. The Morgan fingerprint density at radius 3 is 1.97 bits per heavy atom. The average molecular weight is 420 g/mol. The Kier molecular flexibility index (Phi) is 4.49. The van der Waals surface area contributed by atoms with E-state index in [0.29, 0.717) is 11.1 Å². The smallest absolute Gasteiger partial charge is 0.331 e. The van der Waals surface area contributed by atoms with Crippen molar-refractivity contribution in [2.24, 2.45) is 0 Å². The molecule has 0 amide bonds. The number of ketones is 1. The van der Waals surface area contributed by atoms with Gasteiger partial charge in [-0.3, -0.25) is 10.1 Å². The third kappa shape index (κ3) is 2.68. The van der Waals surface area contributed by atoms with Crippen molar-refractivity contribution < 1.29 is 14.3 Å². The van der Waals surface area contributed by atoms with Gasteiger partial charge in [0.15, 0.2) is 5.78 Å². The first-order valence-corrected chi connectivity index (χ1v) is 13.9. The van der Waals surface area contributed by atoms with Crippen LogP contribution in [0.25, 0.3) is 0 Å². The van der Waals surface area contributed by atoms with Gasteiger partial charge in [-0.25, -0.2) is 4.79 Å². The van der Waals surface area contributed by atoms with E-state index in [1.165, 1.54) is 0 Å². The number of benzene rings is 2. The minimum absolute atomic E-state index is 0.101. The van der Waals surface area contributed by atoms with Gasteiger partial charge in [0.1, 0.15) is 16.7 Å². The van der Waals surface area contributed by atoms with Crippen LogP contribution in [0.1, 0.15) is 36.7 Å². The fourth-order valence-electron chi connectivity index (χ4n) is 5.22. The van der Waals surface area contributed by atoms with E-state index >= 15 is 0 Å². The Morgan fingerprint density at radius 1 is 0.900 bits per heavy atom. The average Bonchev–Trinajstić information content (AvgIpc) is 2.98. The number of rotatable bonds is 4. The van der Waals surface area contributed by atoms with Gasteiger partial charge in [0, 0.05) is 11.1 Å². The van der Waals surface area contributed by atoms with Gasteiger partial charge in [0.05, 0.1) is 8.07 Å². The molecule has 2 aromatic rings. The third-order valence-electron chi connectivity index (χ3n) is 6.44. The van der Waals surface area contributed by atoms with Crippen molar-refractivity contribution in [2.45, 2.75) is 57.1 Å². The van der Waals surface area contributed by atoms with Gasteiger partial charge in [0.2, 0.25) is 0 Å². The van der Waals surface area contributed by atoms with Crippen molar-refractivity contribution >= 4 is 19.8 Å². The molecule has 2 aliphatic heterocycles. The van der Waals surface area contributed by atoms with Crippen LogP contribution in [0.5, 0.6) is 0 Å². The first-order valence-electron chi connectivity index (χ1n) is 10.4. The van der Waals surface area contributed by atoms with Gasteiger partial charge in [-0.15, -0.1) is 0 Å². The van der Waals surface area contributed by atoms with Gasteiger partial charge >= 0.3 is 5.97 Å². The topological polar surface area (TPSA) is 55.4 Å². The Balaban J connectivity index is 2.13. The van der Waals surface area contributed by atoms with Gasteiger partial charge in [0.25, 0.3) is 0 Å². The number of fused-ring (bicyclic) bond motifs is 2. The maximum atomic E-state index is 13.9. The highest BCUT2D eigenvalue weighted by Crippen LogP contribution is 2.57. The molecule has 0 radical (unpaired) electrons. The molecule has 0 saturated carbocycles. The zero-order chi connectivity index (χ0) is 21.9. The van der Waals surface area contributed by atoms with E-state index in [1.807, 2.05) is 62.4 Å². The monoisotopic (exact) mass is 419 g/mol. The number of ether oxygens (including phenoxy) is 1. The second-order valence-electron chi connectivity index (χ2n) is 9.96. The lowest BCUT2D eigenvalue weighted by atomic mass is 9.75. The van der Waals surface area contributed by atoms with Crippen molar-refractivity contribution in [3.8, 4) is 0 Å². The molecule has 0 spiro atoms. The molecular formula is C25H29NO3Si. The van der Waals surface area contributed by atoms with E-state index in [9.17, 15) is 9.59 Å². The van der Waals surface area contributed by atoms with E-state index in [2.05, 4.69) is 37.1 Å². The predicted molar refractivity (Wildman–Crippen MR) is 121 cm³/mol. The summed E-state index contributed by atoms with van der Waals surface area (Å²) in [6.45, 7) is 12.4. The van der Waals surface area contributed by atoms with Crippen LogP contribution in [0.2, 0.25) is 19.6 Å². The molecule has 0 aromatic heterocycles. The van der Waals surface area contributed by atoms with Gasteiger partial charge in [-0.1, -0.05) is 80.3 Å². The molecule has 1 fully saturated rings. The fraction of sp³-hybridized carbons (Fsp3) is 0.360. The molecule has 2 atom stereocenters. The maximum absolute atomic E-state index is 13.9. The Hall–Kier alpha value is -2.50. The lowest BCUT2D eigenvalue weighted by Crippen LogP contribution is -2.71. The van der Waals surface area contributed by atoms with Crippen molar-refractivity contribution in [1.29, 1.82) is 0 Å². The number of cyclic esters (lactones) is 1. The van der Waals surface area contributed by atoms with Crippen LogP contribution in [0.4, 0.5) is 0 Å². The van der Waals surface area contributed by atoms with Crippen molar-refractivity contribution in [3.05, 3.63) is 82.6 Å². The summed E-state index contributed by atoms with van der Waals surface area (Å²) >= 11 is 0. The molecule has 156 valence electrons. The van der Waals surface area contributed by atoms with Crippen molar-refractivity contribution in [1.82, 2.24) is 5.32 Å². The van der Waals surface area contributed by atoms with Crippen LogP contribution in [-0.2, 0) is 15.1 Å². The summed E-state index contributed by atoms with van der Waals surface area (Å²) in [5, 5.41) is 4.71. The van der Waals surface area contributed by atoms with Crippen LogP contribution in [0.3, 0.4) is 0 Å². The van der Waals surface area contributed by atoms with E-state index in [0.717, 1.165) is 10.8 Å². The molecule has 4 nitrogen and oxygen atoms in total. The minimum atomic E-state index is -2.13. The maximum Gasteiger partial charge on any atom is 0.331 e. The normalized spacial score (nSPS) is 27.7. The zero-order valence-electron chi connectivity index (χ0n) is 18.5. The van der Waals surface area contributed by atoms with Crippen molar-refractivity contribution in [2.75, 3.05) is 0 Å².